The maximum atomic E-state index is 11.9. The minimum atomic E-state index is -0.220. The highest BCUT2D eigenvalue weighted by atomic mass is 16.5. The lowest BCUT2D eigenvalue weighted by molar-refractivity contribution is 0.0950. The van der Waals surface area contributed by atoms with Crippen LogP contribution in [0.3, 0.4) is 0 Å². The van der Waals surface area contributed by atoms with Crippen molar-refractivity contribution < 1.29 is 9.53 Å². The van der Waals surface area contributed by atoms with E-state index in [-0.39, 0.29) is 5.91 Å². The number of amides is 1. The summed E-state index contributed by atoms with van der Waals surface area (Å²) in [6.45, 7) is 0.361. The highest BCUT2D eigenvalue weighted by Crippen LogP contribution is 2.07. The molecule has 0 saturated heterocycles. The van der Waals surface area contributed by atoms with Gasteiger partial charge in [0.25, 0.3) is 5.91 Å². The predicted octanol–water partition coefficient (Wildman–Crippen LogP) is 1.89. The minimum absolute atomic E-state index is 0.220. The molecule has 20 heavy (non-hydrogen) atoms. The van der Waals surface area contributed by atoms with Crippen molar-refractivity contribution >= 4 is 5.91 Å². The first kappa shape index (κ1) is 13.6. The van der Waals surface area contributed by atoms with Gasteiger partial charge < -0.3 is 10.1 Å². The number of rotatable bonds is 4. The molecule has 5 heteroatoms. The Hall–Kier alpha value is -2.87. The van der Waals surface area contributed by atoms with E-state index in [2.05, 4.69) is 16.4 Å². The van der Waals surface area contributed by atoms with Crippen LogP contribution in [0.2, 0.25) is 0 Å². The number of nitrogens with zero attached hydrogens (tertiary/aromatic N) is 2. The zero-order valence-corrected chi connectivity index (χ0v) is 11.0. The summed E-state index contributed by atoms with van der Waals surface area (Å²) < 4.78 is 4.93. The Balaban J connectivity index is 1.99. The number of hydrogen-bond acceptors (Lipinski definition) is 4. The number of benzene rings is 1. The van der Waals surface area contributed by atoms with E-state index < -0.39 is 0 Å². The third-order valence-electron chi connectivity index (χ3n) is 2.72. The molecular weight excluding hydrogens is 254 g/mol. The van der Waals surface area contributed by atoms with Gasteiger partial charge >= 0.3 is 0 Å². The van der Waals surface area contributed by atoms with Gasteiger partial charge in [-0.2, -0.15) is 5.26 Å². The van der Waals surface area contributed by atoms with Crippen LogP contribution >= 0.6 is 0 Å². The summed E-state index contributed by atoms with van der Waals surface area (Å²) in [7, 11) is 1.52. The molecule has 0 radical (unpaired) electrons. The summed E-state index contributed by atoms with van der Waals surface area (Å²) in [5.41, 5.74) is 1.91. The molecular formula is C15H13N3O2. The highest BCUT2D eigenvalue weighted by molar-refractivity contribution is 5.93. The molecule has 2 aromatic rings. The van der Waals surface area contributed by atoms with Crippen molar-refractivity contribution in [3.05, 3.63) is 59.3 Å². The molecule has 1 amide bonds. The second kappa shape index (κ2) is 6.34. The number of nitrogens with one attached hydrogen (secondary N) is 1. The first-order valence-corrected chi connectivity index (χ1v) is 6.00. The van der Waals surface area contributed by atoms with E-state index in [0.29, 0.717) is 23.6 Å². The van der Waals surface area contributed by atoms with Crippen molar-refractivity contribution in [1.29, 1.82) is 5.26 Å². The molecule has 5 nitrogen and oxygen atoms in total. The van der Waals surface area contributed by atoms with Gasteiger partial charge in [0.15, 0.2) is 0 Å². The predicted molar refractivity (Wildman–Crippen MR) is 73.1 cm³/mol. The average Bonchev–Trinajstić information content (AvgIpc) is 2.53. The molecule has 1 aromatic heterocycles. The first-order valence-electron chi connectivity index (χ1n) is 6.00. The standard InChI is InChI=1S/C15H13N3O2/c1-20-14-6-5-13(10-17-14)15(19)18-9-12-4-2-3-11(7-12)8-16/h2-7,10H,9H2,1H3,(H,18,19). The van der Waals surface area contributed by atoms with Gasteiger partial charge in [-0.15, -0.1) is 0 Å². The molecule has 1 N–H and O–H groups in total. The quantitative estimate of drug-likeness (QED) is 0.917. The van der Waals surface area contributed by atoms with Crippen molar-refractivity contribution in [3.8, 4) is 11.9 Å². The number of nitriles is 1. The van der Waals surface area contributed by atoms with Crippen LogP contribution < -0.4 is 10.1 Å². The largest absolute Gasteiger partial charge is 0.481 e. The van der Waals surface area contributed by atoms with E-state index in [1.54, 1.807) is 30.3 Å². The van der Waals surface area contributed by atoms with Gasteiger partial charge in [-0.1, -0.05) is 12.1 Å². The van der Waals surface area contributed by atoms with Crippen LogP contribution in [0.25, 0.3) is 0 Å². The van der Waals surface area contributed by atoms with E-state index in [4.69, 9.17) is 10.00 Å². The van der Waals surface area contributed by atoms with E-state index in [0.717, 1.165) is 5.56 Å². The number of ether oxygens (including phenoxy) is 1. The fourth-order valence-corrected chi connectivity index (χ4v) is 1.67. The molecule has 0 fully saturated rings. The first-order chi connectivity index (χ1) is 9.72. The second-order valence-corrected chi connectivity index (χ2v) is 4.08. The summed E-state index contributed by atoms with van der Waals surface area (Å²) in [4.78, 5) is 15.9. The van der Waals surface area contributed by atoms with Gasteiger partial charge in [-0.3, -0.25) is 4.79 Å². The molecule has 2 rings (SSSR count). The number of methoxy groups -OCH3 is 1. The van der Waals surface area contributed by atoms with Crippen LogP contribution in [0.15, 0.2) is 42.6 Å². The van der Waals surface area contributed by atoms with E-state index >= 15 is 0 Å². The number of aromatic nitrogens is 1. The lowest BCUT2D eigenvalue weighted by Gasteiger charge is -2.06. The lowest BCUT2D eigenvalue weighted by atomic mass is 10.1. The van der Waals surface area contributed by atoms with Gasteiger partial charge in [-0.05, 0) is 23.8 Å². The average molecular weight is 267 g/mol. The van der Waals surface area contributed by atoms with Gasteiger partial charge in [0.05, 0.1) is 24.3 Å². The summed E-state index contributed by atoms with van der Waals surface area (Å²) >= 11 is 0. The number of carbonyl (C=O) groups is 1. The summed E-state index contributed by atoms with van der Waals surface area (Å²) in [5.74, 6) is 0.241. The zero-order valence-electron chi connectivity index (χ0n) is 11.0. The molecule has 0 aliphatic rings. The lowest BCUT2D eigenvalue weighted by Crippen LogP contribution is -2.22. The Morgan fingerprint density at radius 3 is 2.90 bits per heavy atom. The van der Waals surface area contributed by atoms with Crippen molar-refractivity contribution in [1.82, 2.24) is 10.3 Å². The Kier molecular flexibility index (Phi) is 4.30. The fraction of sp³-hybridized carbons (Fsp3) is 0.133. The van der Waals surface area contributed by atoms with Gasteiger partial charge in [0.1, 0.15) is 0 Å². The summed E-state index contributed by atoms with van der Waals surface area (Å²) in [6.07, 6.45) is 1.46. The van der Waals surface area contributed by atoms with Crippen molar-refractivity contribution in [2.45, 2.75) is 6.54 Å². The molecule has 0 saturated carbocycles. The van der Waals surface area contributed by atoms with Crippen LogP contribution in [0.4, 0.5) is 0 Å². The normalized spacial score (nSPS) is 9.60. The van der Waals surface area contributed by atoms with Gasteiger partial charge in [0.2, 0.25) is 5.88 Å². The Morgan fingerprint density at radius 2 is 2.25 bits per heavy atom. The smallest absolute Gasteiger partial charge is 0.253 e. The SMILES string of the molecule is COc1ccc(C(=O)NCc2cccc(C#N)c2)cn1. The van der Waals surface area contributed by atoms with E-state index in [1.807, 2.05) is 6.07 Å². The van der Waals surface area contributed by atoms with Crippen LogP contribution in [-0.4, -0.2) is 18.0 Å². The van der Waals surface area contributed by atoms with E-state index in [9.17, 15) is 4.79 Å². The van der Waals surface area contributed by atoms with Crippen LogP contribution in [0.1, 0.15) is 21.5 Å². The molecule has 1 heterocycles. The summed E-state index contributed by atoms with van der Waals surface area (Å²) in [5, 5.41) is 11.6. The van der Waals surface area contributed by atoms with Crippen molar-refractivity contribution in [2.75, 3.05) is 7.11 Å². The highest BCUT2D eigenvalue weighted by Gasteiger charge is 2.06. The maximum Gasteiger partial charge on any atom is 0.253 e. The molecule has 1 aromatic carbocycles. The van der Waals surface area contributed by atoms with Gasteiger partial charge in [0, 0.05) is 18.8 Å². The molecule has 0 spiro atoms. The van der Waals surface area contributed by atoms with E-state index in [1.165, 1.54) is 13.3 Å². The van der Waals surface area contributed by atoms with Gasteiger partial charge in [-0.25, -0.2) is 4.98 Å². The third-order valence-corrected chi connectivity index (χ3v) is 2.72. The number of hydrogen-bond donors (Lipinski definition) is 1. The molecule has 0 aliphatic carbocycles. The Labute approximate surface area is 116 Å². The third kappa shape index (κ3) is 3.33. The van der Waals surface area contributed by atoms with Crippen LogP contribution in [0, 0.1) is 11.3 Å². The van der Waals surface area contributed by atoms with Crippen molar-refractivity contribution in [3.63, 3.8) is 0 Å². The number of pyridine rings is 1. The maximum absolute atomic E-state index is 11.9. The second-order valence-electron chi connectivity index (χ2n) is 4.08. The fourth-order valence-electron chi connectivity index (χ4n) is 1.67. The minimum Gasteiger partial charge on any atom is -0.481 e. The van der Waals surface area contributed by atoms with Crippen LogP contribution in [-0.2, 0) is 6.54 Å². The topological polar surface area (TPSA) is 75.0 Å². The van der Waals surface area contributed by atoms with Crippen molar-refractivity contribution in [2.24, 2.45) is 0 Å². The Morgan fingerprint density at radius 1 is 1.40 bits per heavy atom. The molecule has 0 aliphatic heterocycles. The molecule has 0 unspecified atom stereocenters. The zero-order chi connectivity index (χ0) is 14.4. The molecule has 100 valence electrons. The van der Waals surface area contributed by atoms with Crippen LogP contribution in [0.5, 0.6) is 5.88 Å². The monoisotopic (exact) mass is 267 g/mol. The number of carbonyl (C=O) groups excluding carboxylic acids is 1. The molecule has 0 bridgehead atoms. The molecule has 0 atom stereocenters. The summed E-state index contributed by atoms with van der Waals surface area (Å²) in [6, 6.07) is 12.4. The Bertz CT molecular complexity index is 645.